The molecule has 0 radical (unpaired) electrons. The van der Waals surface area contributed by atoms with Crippen LogP contribution in [-0.2, 0) is 4.74 Å². The maximum absolute atomic E-state index is 12.5. The molecule has 0 bridgehead atoms. The number of aromatic nitrogens is 1. The quantitative estimate of drug-likeness (QED) is 0.874. The van der Waals surface area contributed by atoms with Crippen molar-refractivity contribution in [3.8, 4) is 0 Å². The molecule has 2 N–H and O–H groups in total. The zero-order chi connectivity index (χ0) is 17.0. The van der Waals surface area contributed by atoms with Crippen molar-refractivity contribution < 1.29 is 9.53 Å². The van der Waals surface area contributed by atoms with E-state index in [9.17, 15) is 9.59 Å². The molecule has 0 aromatic carbocycles. The molecule has 1 aromatic heterocycles. The van der Waals surface area contributed by atoms with E-state index in [1.807, 2.05) is 0 Å². The van der Waals surface area contributed by atoms with Crippen molar-refractivity contribution >= 4 is 5.91 Å². The minimum absolute atomic E-state index is 0.00908. The van der Waals surface area contributed by atoms with E-state index in [1.54, 1.807) is 19.1 Å². The largest absolute Gasteiger partial charge is 0.379 e. The van der Waals surface area contributed by atoms with Crippen molar-refractivity contribution in [1.82, 2.24) is 15.2 Å². The molecule has 6 heteroatoms. The van der Waals surface area contributed by atoms with E-state index < -0.39 is 0 Å². The molecule has 1 saturated heterocycles. The number of aromatic amines is 1. The Kier molecular flexibility index (Phi) is 5.36. The van der Waals surface area contributed by atoms with Gasteiger partial charge in [0.1, 0.15) is 5.56 Å². The van der Waals surface area contributed by atoms with Crippen molar-refractivity contribution in [3.05, 3.63) is 33.7 Å². The van der Waals surface area contributed by atoms with E-state index in [1.165, 1.54) is 19.3 Å². The first-order valence-corrected chi connectivity index (χ1v) is 8.92. The molecule has 6 nitrogen and oxygen atoms in total. The predicted molar refractivity (Wildman–Crippen MR) is 92.3 cm³/mol. The molecule has 2 fully saturated rings. The Morgan fingerprint density at radius 3 is 2.62 bits per heavy atom. The van der Waals surface area contributed by atoms with Gasteiger partial charge in [-0.15, -0.1) is 0 Å². The second-order valence-corrected chi connectivity index (χ2v) is 6.95. The maximum atomic E-state index is 12.5. The summed E-state index contributed by atoms with van der Waals surface area (Å²) in [7, 11) is 0. The van der Waals surface area contributed by atoms with Gasteiger partial charge < -0.3 is 15.0 Å². The summed E-state index contributed by atoms with van der Waals surface area (Å²) in [4.78, 5) is 29.6. The fourth-order valence-electron chi connectivity index (χ4n) is 3.94. The second-order valence-electron chi connectivity index (χ2n) is 6.95. The summed E-state index contributed by atoms with van der Waals surface area (Å²) in [5.74, 6) is -0.283. The number of hydrogen-bond acceptors (Lipinski definition) is 4. The van der Waals surface area contributed by atoms with Crippen molar-refractivity contribution in [3.63, 3.8) is 0 Å². The third-order valence-corrected chi connectivity index (χ3v) is 5.34. The summed E-state index contributed by atoms with van der Waals surface area (Å²) in [6, 6.07) is 3.36. The summed E-state index contributed by atoms with van der Waals surface area (Å²) < 4.78 is 5.48. The minimum Gasteiger partial charge on any atom is -0.379 e. The van der Waals surface area contributed by atoms with Gasteiger partial charge in [0.25, 0.3) is 11.5 Å². The molecule has 1 aliphatic heterocycles. The Morgan fingerprint density at radius 2 is 1.96 bits per heavy atom. The van der Waals surface area contributed by atoms with Crippen molar-refractivity contribution in [2.24, 2.45) is 0 Å². The highest BCUT2D eigenvalue weighted by molar-refractivity contribution is 5.93. The topological polar surface area (TPSA) is 74.4 Å². The molecule has 1 saturated carbocycles. The van der Waals surface area contributed by atoms with Gasteiger partial charge >= 0.3 is 0 Å². The van der Waals surface area contributed by atoms with Crippen LogP contribution in [0.5, 0.6) is 0 Å². The smallest absolute Gasteiger partial charge is 0.260 e. The zero-order valence-electron chi connectivity index (χ0n) is 14.4. The third kappa shape index (κ3) is 3.70. The van der Waals surface area contributed by atoms with Crippen LogP contribution in [0.2, 0.25) is 0 Å². The van der Waals surface area contributed by atoms with Gasteiger partial charge in [-0.25, -0.2) is 0 Å². The number of morpholine rings is 1. The summed E-state index contributed by atoms with van der Waals surface area (Å²) in [5, 5.41) is 3.03. The van der Waals surface area contributed by atoms with E-state index in [4.69, 9.17) is 4.74 Å². The molecule has 3 rings (SSSR count). The number of aryl methyl sites for hydroxylation is 1. The Morgan fingerprint density at radius 1 is 1.25 bits per heavy atom. The maximum Gasteiger partial charge on any atom is 0.260 e. The number of nitrogens with zero attached hydrogens (tertiary/aromatic N) is 1. The molecule has 2 aliphatic rings. The van der Waals surface area contributed by atoms with E-state index in [0.29, 0.717) is 6.54 Å². The second kappa shape index (κ2) is 7.49. The lowest BCUT2D eigenvalue weighted by Crippen LogP contribution is -2.59. The van der Waals surface area contributed by atoms with E-state index in [-0.39, 0.29) is 22.6 Å². The van der Waals surface area contributed by atoms with Crippen LogP contribution in [0.1, 0.15) is 48.2 Å². The van der Waals surface area contributed by atoms with Crippen LogP contribution in [0.15, 0.2) is 16.9 Å². The van der Waals surface area contributed by atoms with Crippen LogP contribution in [0.25, 0.3) is 0 Å². The van der Waals surface area contributed by atoms with Gasteiger partial charge in [0, 0.05) is 30.9 Å². The van der Waals surface area contributed by atoms with Crippen LogP contribution in [0, 0.1) is 6.92 Å². The molecule has 0 spiro atoms. The van der Waals surface area contributed by atoms with E-state index >= 15 is 0 Å². The van der Waals surface area contributed by atoms with Gasteiger partial charge in [0.05, 0.1) is 13.2 Å². The summed E-state index contributed by atoms with van der Waals surface area (Å²) in [6.07, 6.45) is 5.84. The number of hydrogen-bond donors (Lipinski definition) is 2. The van der Waals surface area contributed by atoms with Crippen molar-refractivity contribution in [2.75, 3.05) is 32.8 Å². The van der Waals surface area contributed by atoms with Gasteiger partial charge in [-0.3, -0.25) is 14.5 Å². The van der Waals surface area contributed by atoms with Gasteiger partial charge in [-0.2, -0.15) is 0 Å². The fraction of sp³-hybridized carbons (Fsp3) is 0.667. The van der Waals surface area contributed by atoms with Gasteiger partial charge in [0.15, 0.2) is 0 Å². The van der Waals surface area contributed by atoms with E-state index in [2.05, 4.69) is 15.2 Å². The van der Waals surface area contributed by atoms with Crippen LogP contribution in [-0.4, -0.2) is 54.2 Å². The Bertz CT molecular complexity index is 629. The fourth-order valence-corrected chi connectivity index (χ4v) is 3.94. The number of amides is 1. The lowest BCUT2D eigenvalue weighted by atomic mass is 9.79. The Hall–Kier alpha value is -1.66. The molecule has 24 heavy (non-hydrogen) atoms. The number of nitrogens with one attached hydrogen (secondary N) is 2. The van der Waals surface area contributed by atoms with Crippen LogP contribution in [0.4, 0.5) is 0 Å². The monoisotopic (exact) mass is 333 g/mol. The molecule has 132 valence electrons. The molecule has 1 aliphatic carbocycles. The summed E-state index contributed by atoms with van der Waals surface area (Å²) in [6.45, 7) is 5.75. The zero-order valence-corrected chi connectivity index (χ0v) is 14.4. The molecular formula is C18H27N3O3. The average molecular weight is 333 g/mol. The molecule has 0 atom stereocenters. The summed E-state index contributed by atoms with van der Waals surface area (Å²) >= 11 is 0. The number of rotatable bonds is 4. The highest BCUT2D eigenvalue weighted by Crippen LogP contribution is 2.33. The SMILES string of the molecule is Cc1ccc(C(=O)NCC2(N3CCOCC3)CCCCC2)c(=O)[nH]1. The molecule has 2 heterocycles. The van der Waals surface area contributed by atoms with Gasteiger partial charge in [0.2, 0.25) is 0 Å². The summed E-state index contributed by atoms with van der Waals surface area (Å²) in [5.41, 5.74) is 0.633. The normalized spacial score (nSPS) is 21.4. The number of pyridine rings is 1. The van der Waals surface area contributed by atoms with Crippen LogP contribution < -0.4 is 10.9 Å². The standard InChI is InChI=1S/C18H27N3O3/c1-14-5-6-15(17(23)20-14)16(22)19-13-18(7-3-2-4-8-18)21-9-11-24-12-10-21/h5-6H,2-4,7-13H2,1H3,(H,19,22)(H,20,23). The van der Waals surface area contributed by atoms with Gasteiger partial charge in [-0.1, -0.05) is 19.3 Å². The molecule has 1 aromatic rings. The molecular weight excluding hydrogens is 306 g/mol. The lowest BCUT2D eigenvalue weighted by molar-refractivity contribution is -0.0361. The first kappa shape index (κ1) is 17.2. The molecule has 1 amide bonds. The number of ether oxygens (including phenoxy) is 1. The predicted octanol–water partition coefficient (Wildman–Crippen LogP) is 1.45. The first-order chi connectivity index (χ1) is 11.6. The Balaban J connectivity index is 1.71. The molecule has 0 unspecified atom stereocenters. The van der Waals surface area contributed by atoms with Crippen LogP contribution in [0.3, 0.4) is 0 Å². The van der Waals surface area contributed by atoms with Gasteiger partial charge in [-0.05, 0) is 31.9 Å². The highest BCUT2D eigenvalue weighted by atomic mass is 16.5. The van der Waals surface area contributed by atoms with E-state index in [0.717, 1.165) is 44.8 Å². The third-order valence-electron chi connectivity index (χ3n) is 5.34. The number of carbonyl (C=O) groups excluding carboxylic acids is 1. The minimum atomic E-state index is -0.323. The lowest BCUT2D eigenvalue weighted by Gasteiger charge is -2.48. The van der Waals surface area contributed by atoms with Crippen LogP contribution >= 0.6 is 0 Å². The Labute approximate surface area is 142 Å². The number of H-pyrrole nitrogens is 1. The first-order valence-electron chi connectivity index (χ1n) is 8.92. The van der Waals surface area contributed by atoms with Crippen molar-refractivity contribution in [2.45, 2.75) is 44.6 Å². The average Bonchev–Trinajstić information content (AvgIpc) is 2.61. The number of carbonyl (C=O) groups is 1. The van der Waals surface area contributed by atoms with Crippen molar-refractivity contribution in [1.29, 1.82) is 0 Å². The highest BCUT2D eigenvalue weighted by Gasteiger charge is 2.38.